The van der Waals surface area contributed by atoms with E-state index in [1.54, 1.807) is 0 Å². The van der Waals surface area contributed by atoms with Crippen LogP contribution in [-0.4, -0.2) is 23.4 Å². The maximum absolute atomic E-state index is 9.78. The van der Waals surface area contributed by atoms with Gasteiger partial charge in [-0.2, -0.15) is 0 Å². The van der Waals surface area contributed by atoms with Gasteiger partial charge in [0.15, 0.2) is 0 Å². The van der Waals surface area contributed by atoms with Crippen LogP contribution in [0.3, 0.4) is 0 Å². The Hall–Kier alpha value is 0.0600. The van der Waals surface area contributed by atoms with Crippen LogP contribution in [-0.2, 0) is 19.0 Å². The van der Waals surface area contributed by atoms with E-state index in [-0.39, 0.29) is 0 Å². The van der Waals surface area contributed by atoms with Crippen molar-refractivity contribution in [2.24, 2.45) is 0 Å². The Labute approximate surface area is 43.1 Å². The molecule has 0 saturated heterocycles. The summed E-state index contributed by atoms with van der Waals surface area (Å²) in [5.74, 6) is 0. The Balaban J connectivity index is 4.43. The van der Waals surface area contributed by atoms with Crippen molar-refractivity contribution in [3.8, 4) is 0 Å². The minimum atomic E-state index is -3.71. The standard InChI is InChI=1S/CH4O4S2/c1-7(4,5)6(2)3/h1H3,(H,2,3). The van der Waals surface area contributed by atoms with Crippen LogP contribution in [0.1, 0.15) is 0 Å². The smallest absolute Gasteiger partial charge is 0.274 e. The Bertz CT molecular complexity index is 164. The van der Waals surface area contributed by atoms with Gasteiger partial charge in [-0.3, -0.25) is 4.55 Å². The van der Waals surface area contributed by atoms with Gasteiger partial charge in [-0.25, -0.2) is 12.6 Å². The minimum Gasteiger partial charge on any atom is -0.294 e. The summed E-state index contributed by atoms with van der Waals surface area (Å²) in [7, 11) is -6.42. The third-order valence-corrected chi connectivity index (χ3v) is 2.33. The van der Waals surface area contributed by atoms with E-state index >= 15 is 0 Å². The van der Waals surface area contributed by atoms with E-state index in [0.717, 1.165) is 0 Å². The fourth-order valence-corrected chi connectivity index (χ4v) is 0. The third-order valence-electron chi connectivity index (χ3n) is 0.259. The first-order valence-electron chi connectivity index (χ1n) is 1.26. The second-order valence-corrected chi connectivity index (χ2v) is 5.44. The van der Waals surface area contributed by atoms with Crippen molar-refractivity contribution in [3.05, 3.63) is 0 Å². The van der Waals surface area contributed by atoms with Gasteiger partial charge in [0.25, 0.3) is 19.0 Å². The molecule has 0 aromatic rings. The quantitative estimate of drug-likeness (QED) is 0.385. The highest BCUT2D eigenvalue weighted by atomic mass is 33.2. The average molecular weight is 144 g/mol. The summed E-state index contributed by atoms with van der Waals surface area (Å²) in [5.41, 5.74) is 0. The molecule has 7 heavy (non-hydrogen) atoms. The number of rotatable bonds is 1. The summed E-state index contributed by atoms with van der Waals surface area (Å²) in [6, 6.07) is 0. The molecule has 0 aliphatic heterocycles. The van der Waals surface area contributed by atoms with Crippen molar-refractivity contribution in [3.63, 3.8) is 0 Å². The third kappa shape index (κ3) is 2.72. The molecule has 0 aliphatic rings. The molecule has 0 bridgehead atoms. The zero-order valence-corrected chi connectivity index (χ0v) is 5.12. The molecule has 0 fully saturated rings. The molecule has 0 heterocycles. The van der Waals surface area contributed by atoms with Gasteiger partial charge in [-0.1, -0.05) is 0 Å². The molecule has 1 unspecified atom stereocenters. The lowest BCUT2D eigenvalue weighted by atomic mass is 12.0. The molecule has 1 N–H and O–H groups in total. The molecule has 0 spiro atoms. The molecule has 0 rings (SSSR count). The van der Waals surface area contributed by atoms with Gasteiger partial charge in [0.05, 0.1) is 6.26 Å². The van der Waals surface area contributed by atoms with Crippen molar-refractivity contribution >= 4 is 19.0 Å². The lowest BCUT2D eigenvalue weighted by Gasteiger charge is -1.81. The molecule has 0 aromatic heterocycles. The number of hydrogen-bond acceptors (Lipinski definition) is 3. The lowest BCUT2D eigenvalue weighted by Crippen LogP contribution is -2.02. The first-order chi connectivity index (χ1) is 2.94. The first-order valence-corrected chi connectivity index (χ1v) is 4.77. The molecule has 0 radical (unpaired) electrons. The van der Waals surface area contributed by atoms with Crippen molar-refractivity contribution in [2.75, 3.05) is 6.26 Å². The maximum Gasteiger partial charge on any atom is 0.274 e. The van der Waals surface area contributed by atoms with Gasteiger partial charge < -0.3 is 0 Å². The van der Waals surface area contributed by atoms with Crippen molar-refractivity contribution < 1.29 is 17.2 Å². The highest BCUT2D eigenvalue weighted by molar-refractivity contribution is 8.61. The maximum atomic E-state index is 9.78. The van der Waals surface area contributed by atoms with Crippen LogP contribution in [0.4, 0.5) is 0 Å². The van der Waals surface area contributed by atoms with Gasteiger partial charge in [0, 0.05) is 0 Å². The Morgan fingerprint density at radius 2 is 1.71 bits per heavy atom. The average Bonchev–Trinajstić information content (AvgIpc) is 1.31. The van der Waals surface area contributed by atoms with Crippen LogP contribution in [0, 0.1) is 0 Å². The van der Waals surface area contributed by atoms with Gasteiger partial charge in [0.1, 0.15) is 0 Å². The highest BCUT2D eigenvalue weighted by Crippen LogP contribution is 1.84. The SMILES string of the molecule is CS(=O)(=O)S(=O)O. The summed E-state index contributed by atoms with van der Waals surface area (Å²) < 4.78 is 36.9. The molecule has 44 valence electrons. The second kappa shape index (κ2) is 1.89. The summed E-state index contributed by atoms with van der Waals surface area (Å²) in [5, 5.41) is 0. The molecule has 0 aromatic carbocycles. The van der Waals surface area contributed by atoms with E-state index in [9.17, 15) is 12.6 Å². The molecule has 1 atom stereocenters. The predicted octanol–water partition coefficient (Wildman–Crippen LogP) is -0.832. The summed E-state index contributed by atoms with van der Waals surface area (Å²) in [6.07, 6.45) is 0.684. The molecule has 0 aliphatic carbocycles. The van der Waals surface area contributed by atoms with Crippen LogP contribution in [0.2, 0.25) is 0 Å². The van der Waals surface area contributed by atoms with E-state index in [2.05, 4.69) is 0 Å². The van der Waals surface area contributed by atoms with Crippen LogP contribution < -0.4 is 0 Å². The van der Waals surface area contributed by atoms with Crippen molar-refractivity contribution in [1.29, 1.82) is 0 Å². The summed E-state index contributed by atoms with van der Waals surface area (Å²) >= 11 is 0. The fraction of sp³-hybridized carbons (Fsp3) is 1.00. The van der Waals surface area contributed by atoms with E-state index in [1.165, 1.54) is 0 Å². The molecule has 4 nitrogen and oxygen atoms in total. The van der Waals surface area contributed by atoms with Gasteiger partial charge in [0.2, 0.25) is 0 Å². The largest absolute Gasteiger partial charge is 0.294 e. The zero-order valence-electron chi connectivity index (χ0n) is 3.49. The van der Waals surface area contributed by atoms with E-state index in [4.69, 9.17) is 4.55 Å². The normalized spacial score (nSPS) is 16.3. The molecule has 0 amide bonds. The van der Waals surface area contributed by atoms with Crippen molar-refractivity contribution in [2.45, 2.75) is 0 Å². The second-order valence-electron chi connectivity index (χ2n) is 0.921. The van der Waals surface area contributed by atoms with Gasteiger partial charge >= 0.3 is 0 Å². The monoisotopic (exact) mass is 144 g/mol. The zero-order chi connectivity index (χ0) is 6.08. The topological polar surface area (TPSA) is 71.4 Å². The Kier molecular flexibility index (Phi) is 1.91. The van der Waals surface area contributed by atoms with Crippen LogP contribution in [0.25, 0.3) is 0 Å². The van der Waals surface area contributed by atoms with Crippen LogP contribution >= 0.6 is 0 Å². The van der Waals surface area contributed by atoms with E-state index < -0.39 is 19.0 Å². The minimum absolute atomic E-state index is 0.684. The molecular weight excluding hydrogens is 140 g/mol. The Morgan fingerprint density at radius 3 is 1.71 bits per heavy atom. The Morgan fingerprint density at radius 1 is 1.57 bits per heavy atom. The fourth-order valence-electron chi connectivity index (χ4n) is 0. The highest BCUT2D eigenvalue weighted by Gasteiger charge is 2.06. The molecule has 6 heteroatoms. The van der Waals surface area contributed by atoms with Crippen LogP contribution in [0.5, 0.6) is 0 Å². The molecular formula is CH4O4S2. The molecule has 0 saturated carbocycles. The van der Waals surface area contributed by atoms with E-state index in [1.807, 2.05) is 0 Å². The van der Waals surface area contributed by atoms with Crippen LogP contribution in [0.15, 0.2) is 0 Å². The van der Waals surface area contributed by atoms with Gasteiger partial charge in [-0.05, 0) is 0 Å². The van der Waals surface area contributed by atoms with E-state index in [0.29, 0.717) is 6.26 Å². The van der Waals surface area contributed by atoms with Crippen molar-refractivity contribution in [1.82, 2.24) is 0 Å². The first kappa shape index (κ1) is 7.06. The predicted molar refractivity (Wildman–Crippen MR) is 25.6 cm³/mol. The summed E-state index contributed by atoms with van der Waals surface area (Å²) in [6.45, 7) is 0. The number of hydrogen-bond donors (Lipinski definition) is 1. The lowest BCUT2D eigenvalue weighted by molar-refractivity contribution is 0.564. The summed E-state index contributed by atoms with van der Waals surface area (Å²) in [4.78, 5) is 0. The van der Waals surface area contributed by atoms with Gasteiger partial charge in [-0.15, -0.1) is 0 Å².